The molecule has 0 aliphatic heterocycles. The number of esters is 2. The highest BCUT2D eigenvalue weighted by molar-refractivity contribution is 6.30. The molecule has 0 aliphatic carbocycles. The summed E-state index contributed by atoms with van der Waals surface area (Å²) in [6, 6.07) is 6.82. The number of allylic oxidation sites excluding steroid dienone is 1. The second-order valence-corrected chi connectivity index (χ2v) is 4.27. The molecule has 0 aromatic heterocycles. The Labute approximate surface area is 117 Å². The van der Waals surface area contributed by atoms with Crippen LogP contribution in [0.4, 0.5) is 0 Å². The zero-order valence-electron chi connectivity index (χ0n) is 10.8. The summed E-state index contributed by atoms with van der Waals surface area (Å²) in [7, 11) is 2.45. The molecule has 1 aromatic carbocycles. The van der Waals surface area contributed by atoms with Crippen LogP contribution in [0.2, 0.25) is 5.02 Å². The summed E-state index contributed by atoms with van der Waals surface area (Å²) >= 11 is 5.81. The Kier molecular flexibility index (Phi) is 5.57. The van der Waals surface area contributed by atoms with Gasteiger partial charge in [-0.2, -0.15) is 0 Å². The molecule has 19 heavy (non-hydrogen) atoms. The molecule has 0 aliphatic rings. The van der Waals surface area contributed by atoms with Crippen LogP contribution in [0.15, 0.2) is 36.9 Å². The standard InChI is InChI=1S/C14H15ClO4/c1-4-11(9-5-7-10(15)8-6-9)12(13(16)18-2)14(17)19-3/h4-8,11-12H,1H2,2-3H3/t11-/m1/s1. The van der Waals surface area contributed by atoms with Crippen LogP contribution in [0.5, 0.6) is 0 Å². The summed E-state index contributed by atoms with van der Waals surface area (Å²) in [6.07, 6.45) is 1.52. The van der Waals surface area contributed by atoms with Gasteiger partial charge in [-0.3, -0.25) is 9.59 Å². The summed E-state index contributed by atoms with van der Waals surface area (Å²) < 4.78 is 9.30. The molecule has 0 spiro atoms. The maximum atomic E-state index is 11.8. The largest absolute Gasteiger partial charge is 0.468 e. The van der Waals surface area contributed by atoms with Crippen LogP contribution in [0.1, 0.15) is 11.5 Å². The van der Waals surface area contributed by atoms with Gasteiger partial charge in [0.25, 0.3) is 0 Å². The predicted octanol–water partition coefficient (Wildman–Crippen LogP) is 2.57. The van der Waals surface area contributed by atoms with Gasteiger partial charge in [-0.25, -0.2) is 0 Å². The number of methoxy groups -OCH3 is 2. The number of ether oxygens (including phenoxy) is 2. The Morgan fingerprint density at radius 2 is 1.63 bits per heavy atom. The summed E-state index contributed by atoms with van der Waals surface area (Å²) in [5.74, 6) is -2.93. The lowest BCUT2D eigenvalue weighted by atomic mass is 9.86. The van der Waals surface area contributed by atoms with E-state index in [0.29, 0.717) is 5.02 Å². The smallest absolute Gasteiger partial charge is 0.321 e. The minimum atomic E-state index is -1.08. The number of benzene rings is 1. The number of carbonyl (C=O) groups is 2. The molecular formula is C14H15ClO4. The normalized spacial score (nSPS) is 11.8. The van der Waals surface area contributed by atoms with Gasteiger partial charge in [0.2, 0.25) is 0 Å². The molecule has 0 radical (unpaired) electrons. The predicted molar refractivity (Wildman–Crippen MR) is 71.9 cm³/mol. The maximum absolute atomic E-state index is 11.8. The fraction of sp³-hybridized carbons (Fsp3) is 0.286. The second-order valence-electron chi connectivity index (χ2n) is 3.84. The van der Waals surface area contributed by atoms with E-state index in [9.17, 15) is 9.59 Å². The minimum absolute atomic E-state index is 0.530. The monoisotopic (exact) mass is 282 g/mol. The highest BCUT2D eigenvalue weighted by atomic mass is 35.5. The summed E-state index contributed by atoms with van der Waals surface area (Å²) in [6.45, 7) is 3.67. The van der Waals surface area contributed by atoms with E-state index in [0.717, 1.165) is 5.56 Å². The van der Waals surface area contributed by atoms with Gasteiger partial charge in [-0.1, -0.05) is 29.8 Å². The molecule has 1 rings (SSSR count). The van der Waals surface area contributed by atoms with Gasteiger partial charge in [0, 0.05) is 10.9 Å². The van der Waals surface area contributed by atoms with E-state index < -0.39 is 23.8 Å². The minimum Gasteiger partial charge on any atom is -0.468 e. The van der Waals surface area contributed by atoms with Crippen molar-refractivity contribution in [2.24, 2.45) is 5.92 Å². The lowest BCUT2D eigenvalue weighted by Crippen LogP contribution is -2.31. The second kappa shape index (κ2) is 6.95. The highest BCUT2D eigenvalue weighted by Gasteiger charge is 2.36. The van der Waals surface area contributed by atoms with Crippen LogP contribution in [0.3, 0.4) is 0 Å². The fourth-order valence-corrected chi connectivity index (χ4v) is 1.92. The number of carbonyl (C=O) groups excluding carboxylic acids is 2. The van der Waals surface area contributed by atoms with Crippen molar-refractivity contribution in [2.75, 3.05) is 14.2 Å². The number of hydrogen-bond donors (Lipinski definition) is 0. The van der Waals surface area contributed by atoms with Crippen molar-refractivity contribution < 1.29 is 19.1 Å². The first-order chi connectivity index (χ1) is 9.04. The van der Waals surface area contributed by atoms with Gasteiger partial charge in [-0.15, -0.1) is 6.58 Å². The van der Waals surface area contributed by atoms with Gasteiger partial charge in [0.05, 0.1) is 14.2 Å². The molecule has 0 bridgehead atoms. The van der Waals surface area contributed by atoms with E-state index in [1.165, 1.54) is 20.3 Å². The van der Waals surface area contributed by atoms with Crippen LogP contribution in [0.25, 0.3) is 0 Å². The first-order valence-electron chi connectivity index (χ1n) is 5.58. The molecule has 0 N–H and O–H groups in total. The Bertz CT molecular complexity index is 451. The molecule has 1 atom stereocenters. The molecule has 0 amide bonds. The van der Waals surface area contributed by atoms with Crippen molar-refractivity contribution in [1.29, 1.82) is 0 Å². The molecule has 102 valence electrons. The van der Waals surface area contributed by atoms with E-state index >= 15 is 0 Å². The molecule has 0 unspecified atom stereocenters. The quantitative estimate of drug-likeness (QED) is 0.473. The van der Waals surface area contributed by atoms with Gasteiger partial charge in [0.1, 0.15) is 0 Å². The van der Waals surface area contributed by atoms with Crippen LogP contribution in [-0.4, -0.2) is 26.2 Å². The maximum Gasteiger partial charge on any atom is 0.321 e. The molecule has 4 nitrogen and oxygen atoms in total. The van der Waals surface area contributed by atoms with E-state index in [1.54, 1.807) is 24.3 Å². The molecule has 0 heterocycles. The lowest BCUT2D eigenvalue weighted by molar-refractivity contribution is -0.159. The van der Waals surface area contributed by atoms with Gasteiger partial charge >= 0.3 is 11.9 Å². The third-order valence-corrected chi connectivity index (χ3v) is 3.03. The average molecular weight is 283 g/mol. The molecule has 5 heteroatoms. The van der Waals surface area contributed by atoms with Crippen molar-refractivity contribution in [3.8, 4) is 0 Å². The van der Waals surface area contributed by atoms with E-state index in [-0.39, 0.29) is 0 Å². The SMILES string of the molecule is C=C[C@H](c1ccc(Cl)cc1)C(C(=O)OC)C(=O)OC. The van der Waals surface area contributed by atoms with Gasteiger partial charge in [0.15, 0.2) is 5.92 Å². The van der Waals surface area contributed by atoms with Crippen LogP contribution in [0, 0.1) is 5.92 Å². The van der Waals surface area contributed by atoms with Crippen molar-refractivity contribution >= 4 is 23.5 Å². The van der Waals surface area contributed by atoms with E-state index in [1.807, 2.05) is 0 Å². The van der Waals surface area contributed by atoms with E-state index in [4.69, 9.17) is 11.6 Å². The summed E-state index contributed by atoms with van der Waals surface area (Å²) in [5.41, 5.74) is 0.736. The van der Waals surface area contributed by atoms with Crippen molar-refractivity contribution in [3.63, 3.8) is 0 Å². The van der Waals surface area contributed by atoms with E-state index in [2.05, 4.69) is 16.1 Å². The average Bonchev–Trinajstić information content (AvgIpc) is 2.44. The Morgan fingerprint density at radius 1 is 1.16 bits per heavy atom. The third-order valence-electron chi connectivity index (χ3n) is 2.78. The fourth-order valence-electron chi connectivity index (χ4n) is 1.79. The van der Waals surface area contributed by atoms with Crippen molar-refractivity contribution in [3.05, 3.63) is 47.5 Å². The Hall–Kier alpha value is -1.81. The van der Waals surface area contributed by atoms with Crippen LogP contribution < -0.4 is 0 Å². The van der Waals surface area contributed by atoms with Crippen LogP contribution >= 0.6 is 11.6 Å². The van der Waals surface area contributed by atoms with Gasteiger partial charge < -0.3 is 9.47 Å². The number of rotatable bonds is 5. The number of hydrogen-bond acceptors (Lipinski definition) is 4. The zero-order valence-corrected chi connectivity index (χ0v) is 11.5. The molecule has 0 saturated carbocycles. The Balaban J connectivity index is 3.16. The molecule has 1 aromatic rings. The highest BCUT2D eigenvalue weighted by Crippen LogP contribution is 2.29. The van der Waals surface area contributed by atoms with Crippen molar-refractivity contribution in [1.82, 2.24) is 0 Å². The topological polar surface area (TPSA) is 52.6 Å². The number of halogens is 1. The summed E-state index contributed by atoms with van der Waals surface area (Å²) in [4.78, 5) is 23.5. The van der Waals surface area contributed by atoms with Gasteiger partial charge in [-0.05, 0) is 17.7 Å². The first-order valence-corrected chi connectivity index (χ1v) is 5.96. The van der Waals surface area contributed by atoms with Crippen LogP contribution in [-0.2, 0) is 19.1 Å². The Morgan fingerprint density at radius 3 is 2.00 bits per heavy atom. The third kappa shape index (κ3) is 3.58. The molecule has 0 saturated heterocycles. The zero-order chi connectivity index (χ0) is 14.4. The molecule has 0 fully saturated rings. The first kappa shape index (κ1) is 15.2. The lowest BCUT2D eigenvalue weighted by Gasteiger charge is -2.20. The van der Waals surface area contributed by atoms with Crippen molar-refractivity contribution in [2.45, 2.75) is 5.92 Å². The summed E-state index contributed by atoms with van der Waals surface area (Å²) in [5, 5.41) is 0.569. The molecular weight excluding hydrogens is 268 g/mol.